The van der Waals surface area contributed by atoms with Crippen LogP contribution in [0.25, 0.3) is 0 Å². The Morgan fingerprint density at radius 1 is 0.455 bits per heavy atom. The molecule has 1 aliphatic rings. The number of ether oxygens (including phenoxy) is 2. The molecule has 0 aromatic carbocycles. The van der Waals surface area contributed by atoms with E-state index in [0.29, 0.717) is 12.8 Å². The van der Waals surface area contributed by atoms with Crippen molar-refractivity contribution >= 4 is 19.8 Å². The molecule has 0 aromatic heterocycles. The van der Waals surface area contributed by atoms with Crippen LogP contribution in [0, 0.1) is 0 Å². The molecule has 1 rings (SSSR count). The van der Waals surface area contributed by atoms with Gasteiger partial charge in [-0.25, -0.2) is 4.57 Å². The van der Waals surface area contributed by atoms with E-state index in [1.54, 1.807) is 0 Å². The predicted octanol–water partition coefficient (Wildman–Crippen LogP) is 11.8. The number of esters is 2. The van der Waals surface area contributed by atoms with E-state index in [-0.39, 0.29) is 12.8 Å². The minimum Gasteiger partial charge on any atom is -0.462 e. The van der Waals surface area contributed by atoms with E-state index in [0.717, 1.165) is 51.4 Å². The van der Waals surface area contributed by atoms with Crippen LogP contribution in [0.4, 0.5) is 0 Å². The number of unbranched alkanes of at least 4 members (excludes halogenated alkanes) is 32. The van der Waals surface area contributed by atoms with E-state index >= 15 is 0 Å². The van der Waals surface area contributed by atoms with Gasteiger partial charge < -0.3 is 39.9 Å². The van der Waals surface area contributed by atoms with Gasteiger partial charge in [0.05, 0.1) is 6.61 Å². The minimum absolute atomic E-state index is 0.0992. The molecule has 6 unspecified atom stereocenters. The lowest BCUT2D eigenvalue weighted by Crippen LogP contribution is -2.64. The third-order valence-electron chi connectivity index (χ3n) is 12.9. The second-order valence-corrected chi connectivity index (χ2v) is 20.5. The first-order valence-electron chi connectivity index (χ1n) is 27.0. The topological polar surface area (TPSA) is 210 Å². The highest BCUT2D eigenvalue weighted by Gasteiger charge is 2.51. The molecule has 390 valence electrons. The van der Waals surface area contributed by atoms with Crippen LogP contribution in [0.3, 0.4) is 0 Å². The highest BCUT2D eigenvalue weighted by atomic mass is 31.2. The van der Waals surface area contributed by atoms with Crippen molar-refractivity contribution in [1.29, 1.82) is 0 Å². The van der Waals surface area contributed by atoms with Crippen molar-refractivity contribution in [2.45, 2.75) is 294 Å². The number of aliphatic hydroxyl groups is 5. The zero-order valence-corrected chi connectivity index (χ0v) is 42.7. The Morgan fingerprint density at radius 3 is 1.15 bits per heavy atom. The Bertz CT molecular complexity index is 1200. The smallest absolute Gasteiger partial charge is 0.462 e. The van der Waals surface area contributed by atoms with E-state index in [2.05, 4.69) is 26.0 Å². The van der Waals surface area contributed by atoms with Crippen molar-refractivity contribution in [1.82, 2.24) is 0 Å². The van der Waals surface area contributed by atoms with Crippen LogP contribution in [0.1, 0.15) is 251 Å². The van der Waals surface area contributed by atoms with Crippen LogP contribution in [-0.4, -0.2) is 98.3 Å². The molecule has 0 aromatic rings. The molecule has 1 fully saturated rings. The van der Waals surface area contributed by atoms with Gasteiger partial charge in [0, 0.05) is 12.8 Å². The van der Waals surface area contributed by atoms with E-state index < -0.39 is 75.7 Å². The van der Waals surface area contributed by atoms with Crippen molar-refractivity contribution in [3.8, 4) is 0 Å². The molecule has 14 heteroatoms. The zero-order valence-electron chi connectivity index (χ0n) is 41.8. The van der Waals surface area contributed by atoms with Gasteiger partial charge in [0.15, 0.2) is 6.10 Å². The highest BCUT2D eigenvalue weighted by Crippen LogP contribution is 2.47. The number of allylic oxidation sites excluding steroid dienone is 2. The van der Waals surface area contributed by atoms with Gasteiger partial charge in [-0.15, -0.1) is 0 Å². The first kappa shape index (κ1) is 62.6. The Labute approximate surface area is 401 Å². The van der Waals surface area contributed by atoms with Crippen molar-refractivity contribution in [2.24, 2.45) is 0 Å². The summed E-state index contributed by atoms with van der Waals surface area (Å²) in [6.45, 7) is 3.35. The fourth-order valence-electron chi connectivity index (χ4n) is 8.52. The molecule has 1 aliphatic carbocycles. The number of carbonyl (C=O) groups is 2. The second-order valence-electron chi connectivity index (χ2n) is 19.1. The number of hydrogen-bond donors (Lipinski definition) is 6. The maximum Gasteiger partial charge on any atom is 0.472 e. The Hall–Kier alpha value is -1.41. The van der Waals surface area contributed by atoms with Gasteiger partial charge in [-0.2, -0.15) is 0 Å². The molecule has 13 nitrogen and oxygen atoms in total. The zero-order chi connectivity index (χ0) is 48.5. The summed E-state index contributed by atoms with van der Waals surface area (Å²) in [7, 11) is -5.12. The van der Waals surface area contributed by atoms with Gasteiger partial charge in [0.1, 0.15) is 43.2 Å². The first-order valence-corrected chi connectivity index (χ1v) is 28.5. The summed E-state index contributed by atoms with van der Waals surface area (Å²) >= 11 is 0. The lowest BCUT2D eigenvalue weighted by atomic mass is 9.85. The minimum atomic E-state index is -5.12. The van der Waals surface area contributed by atoms with Gasteiger partial charge in [-0.1, -0.05) is 212 Å². The molecule has 0 saturated heterocycles. The molecule has 66 heavy (non-hydrogen) atoms. The van der Waals surface area contributed by atoms with Crippen molar-refractivity contribution in [2.75, 3.05) is 13.2 Å². The molecule has 0 spiro atoms. The lowest BCUT2D eigenvalue weighted by molar-refractivity contribution is -0.220. The maximum atomic E-state index is 12.9. The summed E-state index contributed by atoms with van der Waals surface area (Å²) in [5.41, 5.74) is 0. The number of phosphoric acid groups is 1. The van der Waals surface area contributed by atoms with Crippen molar-refractivity contribution < 1.29 is 63.1 Å². The van der Waals surface area contributed by atoms with Gasteiger partial charge in [-0.05, 0) is 38.5 Å². The summed E-state index contributed by atoms with van der Waals surface area (Å²) < 4.78 is 33.7. The van der Waals surface area contributed by atoms with Gasteiger partial charge >= 0.3 is 19.8 Å². The van der Waals surface area contributed by atoms with Crippen LogP contribution in [-0.2, 0) is 32.7 Å². The van der Waals surface area contributed by atoms with E-state index in [1.165, 1.54) is 161 Å². The number of phosphoric ester groups is 1. The molecule has 1 saturated carbocycles. The molecule has 6 N–H and O–H groups in total. The lowest BCUT2D eigenvalue weighted by Gasteiger charge is -2.41. The van der Waals surface area contributed by atoms with Crippen molar-refractivity contribution in [3.05, 3.63) is 12.2 Å². The molecule has 8 atom stereocenters. The molecule has 0 heterocycles. The first-order chi connectivity index (χ1) is 31.9. The second kappa shape index (κ2) is 42.5. The Morgan fingerprint density at radius 2 is 0.773 bits per heavy atom. The molecule has 0 radical (unpaired) electrons. The fraction of sp³-hybridized carbons (Fsp3) is 0.923. The molecule has 0 amide bonds. The van der Waals surface area contributed by atoms with Crippen LogP contribution < -0.4 is 0 Å². The third-order valence-corrected chi connectivity index (χ3v) is 13.8. The van der Waals surface area contributed by atoms with E-state index in [1.807, 2.05) is 0 Å². The van der Waals surface area contributed by atoms with E-state index in [4.69, 9.17) is 18.5 Å². The quantitative estimate of drug-likeness (QED) is 0.0145. The Kier molecular flexibility index (Phi) is 40.3. The monoisotopic (exact) mass is 963 g/mol. The highest BCUT2D eigenvalue weighted by molar-refractivity contribution is 7.47. The molecule has 0 bridgehead atoms. The average Bonchev–Trinajstić information content (AvgIpc) is 3.30. The number of aliphatic hydroxyl groups excluding tert-OH is 5. The number of rotatable bonds is 46. The molecule has 0 aliphatic heterocycles. The summed E-state index contributed by atoms with van der Waals surface area (Å²) in [5, 5.41) is 50.3. The fourth-order valence-corrected chi connectivity index (χ4v) is 9.49. The van der Waals surface area contributed by atoms with Crippen LogP contribution in [0.5, 0.6) is 0 Å². The Balaban J connectivity index is 2.36. The van der Waals surface area contributed by atoms with Crippen LogP contribution >= 0.6 is 7.82 Å². The van der Waals surface area contributed by atoms with E-state index in [9.17, 15) is 44.6 Å². The standard InChI is InChI=1S/C52H99O13P/c1-3-5-7-9-11-13-15-17-19-21-23-25-27-29-31-33-35-37-39-41-46(54)64-44(43-63-66(60,61)65-52-50(58)48(56)47(55)49(57)51(52)59)42-62-45(53)40-38-36-34-32-30-28-26-24-22-20-18-16-14-12-10-8-6-4-2/h17,19,44,47-52,55-59H,3-16,18,20-43H2,1-2H3,(H,60,61)/b19-17+/t44-,47?,48-,49?,50?,51?,52?/m0/s1. The number of carbonyl (C=O) groups excluding carboxylic acids is 2. The normalized spacial score (nSPS) is 21.3. The van der Waals surface area contributed by atoms with Gasteiger partial charge in [0.25, 0.3) is 0 Å². The van der Waals surface area contributed by atoms with Gasteiger partial charge in [-0.3, -0.25) is 18.6 Å². The SMILES string of the molecule is CCCCCCCC/C=C/CCCCCCCCCCCC(=O)O[C@@H](COC(=O)CCCCCCCCCCCCCCCCCCCC)COP(=O)(O)OC1C(O)C(O)C(O)[C@H](O)C1O. The van der Waals surface area contributed by atoms with Gasteiger partial charge in [0.2, 0.25) is 0 Å². The molecular formula is C52H99O13P. The average molecular weight is 963 g/mol. The van der Waals surface area contributed by atoms with Crippen LogP contribution in [0.15, 0.2) is 12.2 Å². The maximum absolute atomic E-state index is 12.9. The summed E-state index contributed by atoms with van der Waals surface area (Å²) in [4.78, 5) is 35.9. The van der Waals surface area contributed by atoms with Crippen molar-refractivity contribution in [3.63, 3.8) is 0 Å². The summed E-state index contributed by atoms with van der Waals surface area (Å²) in [6.07, 6.45) is 34.0. The summed E-state index contributed by atoms with van der Waals surface area (Å²) in [5.74, 6) is -1.09. The largest absolute Gasteiger partial charge is 0.472 e. The third kappa shape index (κ3) is 34.0. The summed E-state index contributed by atoms with van der Waals surface area (Å²) in [6, 6.07) is 0. The predicted molar refractivity (Wildman–Crippen MR) is 263 cm³/mol. The number of hydrogen-bond acceptors (Lipinski definition) is 12. The molecular weight excluding hydrogens is 864 g/mol. The van der Waals surface area contributed by atoms with Crippen LogP contribution in [0.2, 0.25) is 0 Å².